The Balaban J connectivity index is 1.42. The van der Waals surface area contributed by atoms with Crippen molar-refractivity contribution < 1.29 is 0 Å². The molecule has 4 aliphatic carbocycles. The number of hydrogen-bond donors (Lipinski definition) is 1. The molecule has 1 atom stereocenters. The van der Waals surface area contributed by atoms with Gasteiger partial charge in [-0.05, 0) is 132 Å². The van der Waals surface area contributed by atoms with E-state index in [0.717, 1.165) is 6.42 Å². The highest BCUT2D eigenvalue weighted by Crippen LogP contribution is 2.43. The van der Waals surface area contributed by atoms with E-state index in [4.69, 9.17) is 5.84 Å². The highest BCUT2D eigenvalue weighted by molar-refractivity contribution is 5.44. The highest BCUT2D eigenvalue weighted by Gasteiger charge is 2.38. The zero-order valence-corrected chi connectivity index (χ0v) is 20.4. The molecule has 0 aromatic carbocycles. The Morgan fingerprint density at radius 3 is 1.59 bits per heavy atom. The molecule has 6 rings (SSSR count). The first-order valence-corrected chi connectivity index (χ1v) is 13.9. The Hall–Kier alpha value is -1.64. The second-order valence-corrected chi connectivity index (χ2v) is 11.6. The second kappa shape index (κ2) is 8.29. The molecule has 0 radical (unpaired) electrons. The lowest BCUT2D eigenvalue weighted by molar-refractivity contribution is 0.261. The minimum absolute atomic E-state index is 0.238. The number of rotatable bonds is 1. The summed E-state index contributed by atoms with van der Waals surface area (Å²) < 4.78 is 5.10. The van der Waals surface area contributed by atoms with Crippen molar-refractivity contribution in [2.45, 2.75) is 134 Å². The molecule has 0 amide bonds. The van der Waals surface area contributed by atoms with Crippen molar-refractivity contribution >= 4 is 0 Å². The maximum atomic E-state index is 6.71. The molecule has 2 N–H and O–H groups in total. The summed E-state index contributed by atoms with van der Waals surface area (Å²) in [5.41, 5.74) is 13.6. The predicted molar refractivity (Wildman–Crippen MR) is 133 cm³/mol. The molecule has 2 heterocycles. The average Bonchev–Trinajstić information content (AvgIpc) is 3.01. The largest absolute Gasteiger partial charge is 0.342 e. The van der Waals surface area contributed by atoms with Crippen LogP contribution in [-0.4, -0.2) is 9.24 Å². The van der Waals surface area contributed by atoms with Gasteiger partial charge in [0.15, 0.2) is 0 Å². The van der Waals surface area contributed by atoms with Crippen LogP contribution in [0.3, 0.4) is 0 Å². The lowest BCUT2D eigenvalue weighted by Gasteiger charge is -2.35. The van der Waals surface area contributed by atoms with Gasteiger partial charge in [0.25, 0.3) is 0 Å². The topological polar surface area (TPSA) is 35.9 Å². The van der Waals surface area contributed by atoms with Crippen LogP contribution >= 0.6 is 0 Å². The smallest absolute Gasteiger partial charge is 0.0430 e. The number of nitrogens with two attached hydrogens (primary N) is 1. The van der Waals surface area contributed by atoms with Gasteiger partial charge >= 0.3 is 0 Å². The van der Waals surface area contributed by atoms with Gasteiger partial charge in [0.1, 0.15) is 0 Å². The lowest BCUT2D eigenvalue weighted by Crippen LogP contribution is -2.34. The first-order chi connectivity index (χ1) is 15.7. The average molecular weight is 434 g/mol. The molecule has 2 aromatic heterocycles. The van der Waals surface area contributed by atoms with Gasteiger partial charge in [0.2, 0.25) is 0 Å². The van der Waals surface area contributed by atoms with Crippen molar-refractivity contribution in [2.24, 2.45) is 0 Å². The first-order valence-electron chi connectivity index (χ1n) is 13.9. The van der Waals surface area contributed by atoms with Gasteiger partial charge in [-0.15, -0.1) is 0 Å². The van der Waals surface area contributed by atoms with Crippen LogP contribution in [0.4, 0.5) is 0 Å². The first kappa shape index (κ1) is 20.9. The molecule has 0 bridgehead atoms. The Bertz CT molecular complexity index is 1010. The van der Waals surface area contributed by atoms with E-state index in [1.54, 1.807) is 33.6 Å². The van der Waals surface area contributed by atoms with Crippen LogP contribution in [-0.2, 0) is 56.9 Å². The molecule has 0 saturated heterocycles. The van der Waals surface area contributed by atoms with E-state index in [-0.39, 0.29) is 5.54 Å². The van der Waals surface area contributed by atoms with E-state index >= 15 is 0 Å². The van der Waals surface area contributed by atoms with E-state index in [2.05, 4.69) is 16.2 Å². The molecule has 0 fully saturated rings. The second-order valence-electron chi connectivity index (χ2n) is 11.6. The van der Waals surface area contributed by atoms with E-state index in [0.29, 0.717) is 0 Å². The summed E-state index contributed by atoms with van der Waals surface area (Å²) in [4.78, 5) is 0. The van der Waals surface area contributed by atoms with Crippen LogP contribution in [0, 0.1) is 0 Å². The summed E-state index contributed by atoms with van der Waals surface area (Å²) >= 11 is 0. The van der Waals surface area contributed by atoms with Gasteiger partial charge in [-0.1, -0.05) is 19.3 Å². The van der Waals surface area contributed by atoms with Gasteiger partial charge in [-0.3, -0.25) is 4.68 Å². The minimum Gasteiger partial charge on any atom is -0.342 e. The molecule has 2 aromatic rings. The van der Waals surface area contributed by atoms with Crippen molar-refractivity contribution in [1.82, 2.24) is 9.24 Å². The predicted octanol–water partition coefficient (Wildman–Crippen LogP) is 6.10. The van der Waals surface area contributed by atoms with Crippen LogP contribution in [0.1, 0.15) is 123 Å². The SMILES string of the molecule is CC1(n2c3c(c4c2CCCCC4)CCCCCC3)CCc2c3c(n(N)c2CC1)CCCC3. The van der Waals surface area contributed by atoms with Gasteiger partial charge in [-0.25, -0.2) is 0 Å². The minimum atomic E-state index is 0.238. The standard InChI is InChI=1S/C29H43N3/c1-29(19-17-24-23-13-9-10-16-27(23)32(30)28(24)18-20-29)31-25-14-7-3-2-5-11-21(25)22-12-6-4-8-15-26(22)31/h2-20,30H2,1H3. The lowest BCUT2D eigenvalue weighted by atomic mass is 9.88. The molecule has 3 nitrogen and oxygen atoms in total. The number of aromatic nitrogens is 2. The molecule has 3 heteroatoms. The molecule has 174 valence electrons. The highest BCUT2D eigenvalue weighted by atomic mass is 15.3. The number of hydrogen-bond acceptors (Lipinski definition) is 1. The summed E-state index contributed by atoms with van der Waals surface area (Å²) in [5.74, 6) is 6.71. The van der Waals surface area contributed by atoms with Crippen LogP contribution in [0.2, 0.25) is 0 Å². The van der Waals surface area contributed by atoms with Crippen molar-refractivity contribution in [3.8, 4) is 0 Å². The summed E-state index contributed by atoms with van der Waals surface area (Å²) in [5, 5.41) is 0. The third-order valence-electron chi connectivity index (χ3n) is 9.62. The fourth-order valence-corrected chi connectivity index (χ4v) is 7.93. The summed E-state index contributed by atoms with van der Waals surface area (Å²) in [6.45, 7) is 2.61. The molecule has 0 aliphatic heterocycles. The van der Waals surface area contributed by atoms with Crippen molar-refractivity contribution in [3.63, 3.8) is 0 Å². The molecule has 0 saturated carbocycles. The normalized spacial score (nSPS) is 26.0. The van der Waals surface area contributed by atoms with Crippen LogP contribution in [0.25, 0.3) is 0 Å². The molecular formula is C29H43N3. The van der Waals surface area contributed by atoms with E-state index in [9.17, 15) is 0 Å². The van der Waals surface area contributed by atoms with Gasteiger partial charge in [0.05, 0.1) is 0 Å². The third kappa shape index (κ3) is 3.29. The van der Waals surface area contributed by atoms with Crippen molar-refractivity contribution in [1.29, 1.82) is 0 Å². The molecule has 0 spiro atoms. The quantitative estimate of drug-likeness (QED) is 0.428. The van der Waals surface area contributed by atoms with E-state index < -0.39 is 0 Å². The molecular weight excluding hydrogens is 390 g/mol. The Morgan fingerprint density at radius 2 is 0.906 bits per heavy atom. The Morgan fingerprint density at radius 1 is 0.500 bits per heavy atom. The molecule has 4 aliphatic rings. The maximum absolute atomic E-state index is 6.71. The van der Waals surface area contributed by atoms with E-state index in [1.807, 2.05) is 0 Å². The summed E-state index contributed by atoms with van der Waals surface area (Å²) in [6, 6.07) is 0. The molecule has 32 heavy (non-hydrogen) atoms. The number of fused-ring (bicyclic) bond motifs is 6. The van der Waals surface area contributed by atoms with Crippen LogP contribution in [0.5, 0.6) is 0 Å². The summed E-state index contributed by atoms with van der Waals surface area (Å²) in [7, 11) is 0. The Kier molecular flexibility index (Phi) is 5.42. The van der Waals surface area contributed by atoms with Crippen LogP contribution in [0.15, 0.2) is 0 Å². The van der Waals surface area contributed by atoms with Crippen LogP contribution < -0.4 is 5.84 Å². The monoisotopic (exact) mass is 433 g/mol. The summed E-state index contributed by atoms with van der Waals surface area (Å²) in [6.07, 6.45) is 25.1. The zero-order valence-electron chi connectivity index (χ0n) is 20.4. The van der Waals surface area contributed by atoms with Crippen molar-refractivity contribution in [3.05, 3.63) is 45.0 Å². The van der Waals surface area contributed by atoms with Gasteiger partial charge < -0.3 is 10.4 Å². The Labute approximate surface area is 194 Å². The van der Waals surface area contributed by atoms with E-state index in [1.165, 1.54) is 127 Å². The fraction of sp³-hybridized carbons (Fsp3) is 0.724. The fourth-order valence-electron chi connectivity index (χ4n) is 7.93. The van der Waals surface area contributed by atoms with Gasteiger partial charge in [-0.2, -0.15) is 0 Å². The number of nitrogen functional groups attached to an aromatic ring is 1. The van der Waals surface area contributed by atoms with Gasteiger partial charge in [0, 0.05) is 28.3 Å². The third-order valence-corrected chi connectivity index (χ3v) is 9.62. The molecule has 1 unspecified atom stereocenters. The zero-order chi connectivity index (χ0) is 21.7. The maximum Gasteiger partial charge on any atom is 0.0430 e. The van der Waals surface area contributed by atoms with Crippen molar-refractivity contribution in [2.75, 3.05) is 5.84 Å². The number of nitrogens with zero attached hydrogens (tertiary/aromatic N) is 2.